The molecule has 2 amide bonds. The number of nitrogens with two attached hydrogens (primary N) is 1. The van der Waals surface area contributed by atoms with Gasteiger partial charge in [0.2, 0.25) is 11.5 Å². The van der Waals surface area contributed by atoms with Gasteiger partial charge in [-0.15, -0.1) is 11.8 Å². The van der Waals surface area contributed by atoms with Gasteiger partial charge in [-0.2, -0.15) is 9.36 Å². The van der Waals surface area contributed by atoms with Crippen molar-refractivity contribution in [2.75, 3.05) is 30.1 Å². The molecule has 15 heteroatoms. The van der Waals surface area contributed by atoms with Crippen LogP contribution in [0, 0.1) is 0 Å². The van der Waals surface area contributed by atoms with Gasteiger partial charge in [0.05, 0.1) is 7.11 Å². The minimum Gasteiger partial charge on any atom is -0.497 e. The molecule has 0 radical (unpaired) electrons. The summed E-state index contributed by atoms with van der Waals surface area (Å²) in [5.41, 5.74) is 7.01. The first kappa shape index (κ1) is 27.8. The average Bonchev–Trinajstić information content (AvgIpc) is 3.37. The van der Waals surface area contributed by atoms with Crippen molar-refractivity contribution >= 4 is 74.5 Å². The Balaban J connectivity index is 1.50. The van der Waals surface area contributed by atoms with Crippen molar-refractivity contribution in [2.45, 2.75) is 18.0 Å². The Kier molecular flexibility index (Phi) is 9.22. The van der Waals surface area contributed by atoms with Crippen molar-refractivity contribution < 1.29 is 28.7 Å². The molecular formula is C23H23IN6O6S2. The predicted octanol–water partition coefficient (Wildman–Crippen LogP) is 1.87. The molecule has 200 valence electrons. The number of amides is 2. The van der Waals surface area contributed by atoms with Crippen LogP contribution in [-0.4, -0.2) is 73.6 Å². The highest BCUT2D eigenvalue weighted by Crippen LogP contribution is 2.41. The number of hydrogen-bond acceptors (Lipinski definition) is 12. The van der Waals surface area contributed by atoms with Gasteiger partial charge in [-0.25, -0.2) is 4.79 Å². The molecular weight excluding hydrogens is 647 g/mol. The molecule has 4 rings (SSSR count). The van der Waals surface area contributed by atoms with Gasteiger partial charge in [0.15, 0.2) is 5.13 Å². The summed E-state index contributed by atoms with van der Waals surface area (Å²) in [5, 5.41) is 6.00. The van der Waals surface area contributed by atoms with Gasteiger partial charge < -0.3 is 25.4 Å². The SMILES string of the molecule is CO/N=C(\C(=O)N[C@@H]1C(=O)N2C(C(=O)OCc3ccc(OC)cc3)=C(/C=C/CI)CS[C@@H]12)c1nsc(N)n1. The molecule has 0 spiro atoms. The van der Waals surface area contributed by atoms with Crippen molar-refractivity contribution in [3.8, 4) is 5.75 Å². The molecule has 2 aliphatic heterocycles. The maximum Gasteiger partial charge on any atom is 0.355 e. The summed E-state index contributed by atoms with van der Waals surface area (Å²) in [7, 11) is 2.84. The van der Waals surface area contributed by atoms with Gasteiger partial charge in [0.1, 0.15) is 36.6 Å². The number of carbonyl (C=O) groups is 3. The summed E-state index contributed by atoms with van der Waals surface area (Å²) in [4.78, 5) is 49.5. The molecule has 0 unspecified atom stereocenters. The number of nitrogens with one attached hydrogen (secondary N) is 1. The molecule has 3 heterocycles. The number of allylic oxidation sites excluding steroid dienone is 2. The van der Waals surface area contributed by atoms with E-state index in [1.165, 1.54) is 23.8 Å². The number of fused-ring (bicyclic) bond motifs is 1. The quantitative estimate of drug-likeness (QED) is 0.0955. The lowest BCUT2D eigenvalue weighted by molar-refractivity contribution is -0.153. The molecule has 0 saturated carbocycles. The van der Waals surface area contributed by atoms with Crippen LogP contribution >= 0.6 is 45.9 Å². The number of aromatic nitrogens is 2. The standard InChI is InChI=1S/C23H23IN6O6S2/c1-34-14-7-5-12(6-8-14)10-36-22(33)17-13(4-3-9-24)11-37-21-16(20(32)30(17)21)26-19(31)15(28-35-2)18-27-23(25)38-29-18/h3-8,16,21H,9-11H2,1-2H3,(H,26,31)(H2,25,27,29)/b4-3+,28-15-/t16-,21+/m1/s1. The van der Waals surface area contributed by atoms with Gasteiger partial charge in [-0.05, 0) is 23.3 Å². The average molecular weight is 671 g/mol. The third kappa shape index (κ3) is 5.94. The Hall–Kier alpha value is -3.18. The van der Waals surface area contributed by atoms with Crippen LogP contribution < -0.4 is 15.8 Å². The number of methoxy groups -OCH3 is 1. The first-order valence-corrected chi connectivity index (χ1v) is 14.4. The van der Waals surface area contributed by atoms with E-state index in [0.29, 0.717) is 17.1 Å². The minimum absolute atomic E-state index is 0.0132. The molecule has 2 atom stereocenters. The molecule has 3 N–H and O–H groups in total. The Morgan fingerprint density at radius 3 is 2.71 bits per heavy atom. The summed E-state index contributed by atoms with van der Waals surface area (Å²) in [6, 6.07) is 6.23. The Labute approximate surface area is 240 Å². The van der Waals surface area contributed by atoms with E-state index in [9.17, 15) is 14.4 Å². The van der Waals surface area contributed by atoms with Crippen LogP contribution in [-0.2, 0) is 30.6 Å². The van der Waals surface area contributed by atoms with E-state index in [2.05, 4.69) is 42.4 Å². The molecule has 2 aromatic rings. The zero-order chi connectivity index (χ0) is 27.2. The number of hydrogen-bond donors (Lipinski definition) is 2. The number of thioether (sulfide) groups is 1. The van der Waals surface area contributed by atoms with Crippen LogP contribution in [0.2, 0.25) is 0 Å². The normalized spacial score (nSPS) is 19.2. The van der Waals surface area contributed by atoms with E-state index in [1.54, 1.807) is 31.4 Å². The van der Waals surface area contributed by atoms with E-state index < -0.39 is 29.2 Å². The zero-order valence-electron chi connectivity index (χ0n) is 20.3. The van der Waals surface area contributed by atoms with E-state index in [1.807, 2.05) is 12.2 Å². The number of carbonyl (C=O) groups excluding carboxylic acids is 3. The Morgan fingerprint density at radius 1 is 1.32 bits per heavy atom. The number of rotatable bonds is 10. The highest BCUT2D eigenvalue weighted by atomic mass is 127. The first-order valence-electron chi connectivity index (χ1n) is 11.1. The molecule has 1 saturated heterocycles. The Morgan fingerprint density at radius 2 is 2.08 bits per heavy atom. The smallest absolute Gasteiger partial charge is 0.355 e. The number of nitrogens with zero attached hydrogens (tertiary/aromatic N) is 4. The van der Waals surface area contributed by atoms with Crippen molar-refractivity contribution in [1.29, 1.82) is 0 Å². The number of alkyl halides is 1. The lowest BCUT2D eigenvalue weighted by Crippen LogP contribution is -2.71. The highest BCUT2D eigenvalue weighted by molar-refractivity contribution is 14.1. The van der Waals surface area contributed by atoms with Crippen LogP contribution in [0.3, 0.4) is 0 Å². The molecule has 1 aromatic carbocycles. The molecule has 0 bridgehead atoms. The van der Waals surface area contributed by atoms with Crippen molar-refractivity contribution in [3.05, 3.63) is 59.1 Å². The van der Waals surface area contributed by atoms with Crippen LogP contribution in [0.1, 0.15) is 11.4 Å². The number of halogens is 1. The lowest BCUT2D eigenvalue weighted by atomic mass is 10.0. The lowest BCUT2D eigenvalue weighted by Gasteiger charge is -2.49. The van der Waals surface area contributed by atoms with Gasteiger partial charge in [-0.3, -0.25) is 14.5 Å². The molecule has 12 nitrogen and oxygen atoms in total. The maximum absolute atomic E-state index is 13.2. The summed E-state index contributed by atoms with van der Waals surface area (Å²) in [6.07, 6.45) is 3.72. The second-order valence-electron chi connectivity index (χ2n) is 7.79. The number of nitrogen functional groups attached to an aromatic ring is 1. The molecule has 1 aromatic heterocycles. The molecule has 0 aliphatic carbocycles. The minimum atomic E-state index is -0.898. The van der Waals surface area contributed by atoms with Gasteiger partial charge in [0.25, 0.3) is 11.8 Å². The fraction of sp³-hybridized carbons (Fsp3) is 0.304. The fourth-order valence-corrected chi connectivity index (χ4v) is 5.71. The third-order valence-corrected chi connectivity index (χ3v) is 7.82. The van der Waals surface area contributed by atoms with E-state index >= 15 is 0 Å². The number of ether oxygens (including phenoxy) is 2. The largest absolute Gasteiger partial charge is 0.497 e. The van der Waals surface area contributed by atoms with Crippen molar-refractivity contribution in [3.63, 3.8) is 0 Å². The summed E-state index contributed by atoms with van der Waals surface area (Å²) < 4.78 is 15.4. The molecule has 2 aliphatic rings. The van der Waals surface area contributed by atoms with Crippen LogP contribution in [0.15, 0.2) is 52.8 Å². The highest BCUT2D eigenvalue weighted by Gasteiger charge is 2.54. The maximum atomic E-state index is 13.2. The fourth-order valence-electron chi connectivity index (χ4n) is 3.70. The number of anilines is 1. The summed E-state index contributed by atoms with van der Waals surface area (Å²) in [6.45, 7) is 0.0240. The van der Waals surface area contributed by atoms with Crippen LogP contribution in [0.5, 0.6) is 5.75 Å². The van der Waals surface area contributed by atoms with Crippen LogP contribution in [0.4, 0.5) is 5.13 Å². The molecule has 1 fully saturated rings. The van der Waals surface area contributed by atoms with E-state index in [4.69, 9.17) is 20.0 Å². The second kappa shape index (κ2) is 12.6. The van der Waals surface area contributed by atoms with Crippen LogP contribution in [0.25, 0.3) is 0 Å². The summed E-state index contributed by atoms with van der Waals surface area (Å²) >= 11 is 4.52. The Bertz CT molecular complexity index is 1310. The predicted molar refractivity (Wildman–Crippen MR) is 151 cm³/mol. The van der Waals surface area contributed by atoms with E-state index in [-0.39, 0.29) is 29.0 Å². The zero-order valence-corrected chi connectivity index (χ0v) is 24.0. The number of oxime groups is 1. The van der Waals surface area contributed by atoms with E-state index in [0.717, 1.165) is 21.5 Å². The third-order valence-electron chi connectivity index (χ3n) is 5.47. The van der Waals surface area contributed by atoms with Gasteiger partial charge in [0, 0.05) is 21.7 Å². The summed E-state index contributed by atoms with van der Waals surface area (Å²) in [5.74, 6) is -0.652. The van der Waals surface area contributed by atoms with Crippen molar-refractivity contribution in [2.24, 2.45) is 5.16 Å². The number of esters is 1. The molecule has 38 heavy (non-hydrogen) atoms. The monoisotopic (exact) mass is 670 g/mol. The first-order chi connectivity index (χ1) is 18.4. The topological polar surface area (TPSA) is 158 Å². The number of β-lactam (4-membered cyclic amide) rings is 1. The number of benzene rings is 1. The second-order valence-corrected chi connectivity index (χ2v) is 10.6. The van der Waals surface area contributed by atoms with Crippen molar-refractivity contribution in [1.82, 2.24) is 19.6 Å². The van der Waals surface area contributed by atoms with Gasteiger partial charge in [-0.1, -0.05) is 52.0 Å². The van der Waals surface area contributed by atoms with Gasteiger partial charge >= 0.3 is 5.97 Å².